The van der Waals surface area contributed by atoms with Crippen molar-refractivity contribution in [3.05, 3.63) is 41.0 Å². The summed E-state index contributed by atoms with van der Waals surface area (Å²) < 4.78 is 21.6. The first-order valence-electron chi connectivity index (χ1n) is 17.4. The molecule has 9 nitrogen and oxygen atoms in total. The van der Waals surface area contributed by atoms with Gasteiger partial charge in [-0.25, -0.2) is 9.69 Å². The second-order valence-electron chi connectivity index (χ2n) is 15.9. The van der Waals surface area contributed by atoms with E-state index in [0.29, 0.717) is 48.8 Å². The Bertz CT molecular complexity index is 1560. The van der Waals surface area contributed by atoms with E-state index in [1.54, 1.807) is 24.3 Å². The Morgan fingerprint density at radius 3 is 2.30 bits per heavy atom. The van der Waals surface area contributed by atoms with Crippen LogP contribution in [-0.2, 0) is 33.3 Å². The molecule has 9 heteroatoms. The smallest absolute Gasteiger partial charge is 0.338 e. The summed E-state index contributed by atoms with van der Waals surface area (Å²) >= 11 is 0. The molecule has 12 unspecified atom stereocenters. The number of nitrogens with zero attached hydrogens (tertiary/aromatic N) is 1. The van der Waals surface area contributed by atoms with Crippen LogP contribution in [0.2, 0.25) is 0 Å². The van der Waals surface area contributed by atoms with Crippen molar-refractivity contribution in [1.82, 2.24) is 0 Å². The van der Waals surface area contributed by atoms with E-state index >= 15 is 0 Å². The van der Waals surface area contributed by atoms with E-state index in [1.807, 2.05) is 0 Å². The van der Waals surface area contributed by atoms with Gasteiger partial charge in [0.1, 0.15) is 25.4 Å². The van der Waals surface area contributed by atoms with Crippen LogP contribution in [0, 0.1) is 58.2 Å². The minimum atomic E-state index is -0.518. The summed E-state index contributed by atoms with van der Waals surface area (Å²) in [7, 11) is 0. The number of hydrogen-bond acceptors (Lipinski definition) is 8. The maximum atomic E-state index is 14.4. The highest BCUT2D eigenvalue weighted by atomic mass is 16.6. The van der Waals surface area contributed by atoms with Crippen LogP contribution in [-0.4, -0.2) is 62.4 Å². The molecular formula is C37H43NO8. The molecule has 0 radical (unpaired) electrons. The average Bonchev–Trinajstić information content (AvgIpc) is 3.98. The van der Waals surface area contributed by atoms with Crippen LogP contribution in [0.1, 0.15) is 69.7 Å². The highest BCUT2D eigenvalue weighted by Crippen LogP contribution is 2.73. The topological polar surface area (TPSA) is 115 Å². The predicted molar refractivity (Wildman–Crippen MR) is 164 cm³/mol. The Kier molecular flexibility index (Phi) is 6.32. The van der Waals surface area contributed by atoms with Gasteiger partial charge in [0.05, 0.1) is 41.7 Å². The minimum absolute atomic E-state index is 0.0151. The molecule has 5 aliphatic carbocycles. The lowest BCUT2D eigenvalue weighted by Crippen LogP contribution is -2.62. The van der Waals surface area contributed by atoms with Gasteiger partial charge in [0.2, 0.25) is 11.8 Å². The van der Waals surface area contributed by atoms with Crippen LogP contribution in [0.4, 0.5) is 5.69 Å². The largest absolute Gasteiger partial charge is 0.462 e. The Labute approximate surface area is 269 Å². The van der Waals surface area contributed by atoms with E-state index in [1.165, 1.54) is 16.0 Å². The van der Waals surface area contributed by atoms with Crippen LogP contribution in [0.3, 0.4) is 0 Å². The molecule has 3 heterocycles. The molecule has 4 bridgehead atoms. The SMILES string of the molecule is CC1C2=C3C4CCC5C(C)(C(=O)OCC6CO6)CCCC5(C)C4CC2C1C1C(=O)N(c2ccc(C(=O)OCC4CO4)cc2)C(=O)C31. The van der Waals surface area contributed by atoms with Crippen LogP contribution in [0.15, 0.2) is 35.4 Å². The number of benzene rings is 1. The van der Waals surface area contributed by atoms with Gasteiger partial charge in [-0.1, -0.05) is 31.4 Å². The fraction of sp³-hybridized carbons (Fsp3) is 0.676. The molecule has 12 atom stereocenters. The Morgan fingerprint density at radius 1 is 0.913 bits per heavy atom. The lowest BCUT2D eigenvalue weighted by Gasteiger charge is -2.67. The summed E-state index contributed by atoms with van der Waals surface area (Å²) in [4.78, 5) is 56.1. The van der Waals surface area contributed by atoms with Gasteiger partial charge in [-0.2, -0.15) is 0 Å². The molecule has 0 N–H and O–H groups in total. The van der Waals surface area contributed by atoms with Crippen molar-refractivity contribution >= 4 is 29.4 Å². The number of allylic oxidation sites excluding steroid dienone is 1. The Balaban J connectivity index is 0.995. The standard InChI is InChI=1S/C37H43NO8/c1-18-27-24-13-25-23(9-10-26-36(25,2)11-4-12-37(26,3)35(42)46-17-22-15-44-22)29(27)31-30(28(18)24)32(39)38(33(31)40)20-7-5-19(6-8-20)34(41)45-16-21-14-43-21/h5-8,18,21-26,28,30-31H,4,9-17H2,1-3H3. The summed E-state index contributed by atoms with van der Waals surface area (Å²) in [5.41, 5.74) is 3.08. The van der Waals surface area contributed by atoms with Crippen molar-refractivity contribution in [2.45, 2.75) is 71.5 Å². The molecule has 3 saturated carbocycles. The van der Waals surface area contributed by atoms with Gasteiger partial charge >= 0.3 is 11.9 Å². The number of carbonyl (C=O) groups is 4. The number of rotatable bonds is 7. The maximum absolute atomic E-state index is 14.4. The Morgan fingerprint density at radius 2 is 1.61 bits per heavy atom. The number of esters is 2. The molecule has 1 aromatic carbocycles. The van der Waals surface area contributed by atoms with Crippen molar-refractivity contribution in [3.8, 4) is 0 Å². The summed E-state index contributed by atoms with van der Waals surface area (Å²) in [5, 5.41) is 0. The lowest BCUT2D eigenvalue weighted by atomic mass is 9.36. The monoisotopic (exact) mass is 629 g/mol. The molecule has 2 amide bonds. The second-order valence-corrected chi connectivity index (χ2v) is 15.9. The van der Waals surface area contributed by atoms with Gasteiger partial charge in [-0.3, -0.25) is 14.4 Å². The molecule has 6 fully saturated rings. The quantitative estimate of drug-likeness (QED) is 0.184. The number of imide groups is 1. The fourth-order valence-corrected chi connectivity index (χ4v) is 11.6. The number of fused-ring (bicyclic) bond motifs is 7. The summed E-state index contributed by atoms with van der Waals surface area (Å²) in [5.74, 6) is 0.211. The van der Waals surface area contributed by atoms with E-state index in [9.17, 15) is 19.2 Å². The minimum Gasteiger partial charge on any atom is -0.462 e. The van der Waals surface area contributed by atoms with Gasteiger partial charge in [0, 0.05) is 0 Å². The number of amides is 2. The van der Waals surface area contributed by atoms with Gasteiger partial charge in [0.15, 0.2) is 0 Å². The number of epoxide rings is 2. The van der Waals surface area contributed by atoms with E-state index in [4.69, 9.17) is 18.9 Å². The molecule has 0 spiro atoms. The first-order chi connectivity index (χ1) is 22.1. The molecule has 9 rings (SSSR count). The third-order valence-corrected chi connectivity index (χ3v) is 13.8. The summed E-state index contributed by atoms with van der Waals surface area (Å²) in [6.07, 6.45) is 5.87. The van der Waals surface area contributed by atoms with Gasteiger partial charge in [-0.05, 0) is 104 Å². The lowest BCUT2D eigenvalue weighted by molar-refractivity contribution is -0.180. The van der Waals surface area contributed by atoms with Crippen LogP contribution in [0.25, 0.3) is 0 Å². The van der Waals surface area contributed by atoms with E-state index < -0.39 is 17.3 Å². The van der Waals surface area contributed by atoms with Crippen LogP contribution < -0.4 is 4.90 Å². The average molecular weight is 630 g/mol. The second kappa shape index (κ2) is 9.99. The van der Waals surface area contributed by atoms with Gasteiger partial charge in [0.25, 0.3) is 0 Å². The zero-order valence-corrected chi connectivity index (χ0v) is 26.9. The normalized spacial score (nSPS) is 44.5. The number of ether oxygens (including phenoxy) is 4. The molecule has 0 aromatic heterocycles. The highest BCUT2D eigenvalue weighted by Gasteiger charge is 2.71. The van der Waals surface area contributed by atoms with E-state index in [2.05, 4.69) is 20.8 Å². The molecule has 46 heavy (non-hydrogen) atoms. The predicted octanol–water partition coefficient (Wildman–Crippen LogP) is 4.72. The van der Waals surface area contributed by atoms with Crippen molar-refractivity contribution in [2.75, 3.05) is 31.3 Å². The zero-order valence-electron chi connectivity index (χ0n) is 26.9. The first kappa shape index (κ1) is 29.1. The van der Waals surface area contributed by atoms with Gasteiger partial charge in [-0.15, -0.1) is 0 Å². The third-order valence-electron chi connectivity index (χ3n) is 13.8. The summed E-state index contributed by atoms with van der Waals surface area (Å²) in [6.45, 7) is 8.66. The number of carbonyl (C=O) groups excluding carboxylic acids is 4. The zero-order chi connectivity index (χ0) is 31.7. The molecule has 244 valence electrons. The number of anilines is 1. The first-order valence-corrected chi connectivity index (χ1v) is 17.4. The van der Waals surface area contributed by atoms with Crippen LogP contribution in [0.5, 0.6) is 0 Å². The van der Waals surface area contributed by atoms with Crippen LogP contribution >= 0.6 is 0 Å². The molecule has 8 aliphatic rings. The maximum Gasteiger partial charge on any atom is 0.338 e. The van der Waals surface area contributed by atoms with Crippen molar-refractivity contribution in [1.29, 1.82) is 0 Å². The molecular weight excluding hydrogens is 586 g/mol. The van der Waals surface area contributed by atoms with Gasteiger partial charge < -0.3 is 18.9 Å². The Hall–Kier alpha value is -3.04. The fourth-order valence-electron chi connectivity index (χ4n) is 11.6. The van der Waals surface area contributed by atoms with E-state index in [-0.39, 0.29) is 65.7 Å². The molecule has 3 aliphatic heterocycles. The van der Waals surface area contributed by atoms with E-state index in [0.717, 1.165) is 38.5 Å². The third kappa shape index (κ3) is 3.99. The van der Waals surface area contributed by atoms with Crippen molar-refractivity contribution < 1.29 is 38.1 Å². The highest BCUT2D eigenvalue weighted by molar-refractivity contribution is 6.23. The molecule has 3 saturated heterocycles. The summed E-state index contributed by atoms with van der Waals surface area (Å²) in [6, 6.07) is 6.66. The number of hydrogen-bond donors (Lipinski definition) is 0. The molecule has 1 aromatic rings. The van der Waals surface area contributed by atoms with Crippen molar-refractivity contribution in [2.24, 2.45) is 58.2 Å². The van der Waals surface area contributed by atoms with Crippen molar-refractivity contribution in [3.63, 3.8) is 0 Å².